The van der Waals surface area contributed by atoms with Crippen molar-refractivity contribution in [3.05, 3.63) is 23.4 Å². The van der Waals surface area contributed by atoms with Crippen LogP contribution in [0.1, 0.15) is 6.92 Å². The maximum atomic E-state index is 10.4. The number of carbonyl (C=O) groups is 1. The predicted molar refractivity (Wildman–Crippen MR) is 37.5 cm³/mol. The zero-order valence-electron chi connectivity index (χ0n) is 5.72. The zero-order valence-corrected chi connectivity index (χ0v) is 5.72. The van der Waals surface area contributed by atoms with Crippen LogP contribution >= 0.6 is 0 Å². The first kappa shape index (κ1) is 6.86. The molecule has 0 unspecified atom stereocenters. The number of carboxylic acid groups (broad SMARTS) is 1. The van der Waals surface area contributed by atoms with Gasteiger partial charge in [0, 0.05) is 12.2 Å². The molecule has 1 aliphatic heterocycles. The van der Waals surface area contributed by atoms with Crippen LogP contribution in [0.5, 0.6) is 0 Å². The number of carboxylic acids is 1. The molecule has 0 atom stereocenters. The Morgan fingerprint density at radius 2 is 2.50 bits per heavy atom. The van der Waals surface area contributed by atoms with Gasteiger partial charge in [-0.05, 0) is 13.0 Å². The van der Waals surface area contributed by atoms with Crippen LogP contribution in [0, 0.1) is 0 Å². The van der Waals surface area contributed by atoms with E-state index in [1.807, 2.05) is 0 Å². The molecule has 0 bridgehead atoms. The molecular weight excluding hydrogens is 130 g/mol. The number of rotatable bonds is 1. The van der Waals surface area contributed by atoms with E-state index in [2.05, 4.69) is 5.32 Å². The van der Waals surface area contributed by atoms with Crippen molar-refractivity contribution in [3.63, 3.8) is 0 Å². The van der Waals surface area contributed by atoms with Gasteiger partial charge in [-0.15, -0.1) is 0 Å². The number of hydrogen-bond donors (Lipinski definition) is 2. The highest BCUT2D eigenvalue weighted by molar-refractivity contribution is 5.90. The summed E-state index contributed by atoms with van der Waals surface area (Å²) in [5.74, 6) is -0.874. The Bertz CT molecular complexity index is 216. The van der Waals surface area contributed by atoms with Crippen LogP contribution < -0.4 is 5.32 Å². The lowest BCUT2D eigenvalue weighted by Crippen LogP contribution is -2.19. The molecule has 0 spiro atoms. The van der Waals surface area contributed by atoms with Crippen molar-refractivity contribution in [1.29, 1.82) is 0 Å². The zero-order chi connectivity index (χ0) is 7.56. The van der Waals surface area contributed by atoms with Crippen molar-refractivity contribution < 1.29 is 9.90 Å². The fourth-order valence-corrected chi connectivity index (χ4v) is 0.841. The lowest BCUT2D eigenvalue weighted by molar-refractivity contribution is -0.132. The van der Waals surface area contributed by atoms with Gasteiger partial charge in [-0.3, -0.25) is 0 Å². The summed E-state index contributed by atoms with van der Waals surface area (Å²) in [5.41, 5.74) is 1.08. The Labute approximate surface area is 59.0 Å². The molecule has 2 N–H and O–H groups in total. The second kappa shape index (κ2) is 2.56. The first-order valence-electron chi connectivity index (χ1n) is 3.06. The maximum absolute atomic E-state index is 10.4. The molecule has 3 nitrogen and oxygen atoms in total. The quantitative estimate of drug-likeness (QED) is 0.556. The molecular formula is C7H9NO2. The molecule has 0 aliphatic carbocycles. The summed E-state index contributed by atoms with van der Waals surface area (Å²) in [6.45, 7) is 2.48. The third kappa shape index (κ3) is 1.18. The third-order valence-corrected chi connectivity index (χ3v) is 1.40. The Morgan fingerprint density at radius 1 is 1.80 bits per heavy atom. The number of allylic oxidation sites excluding steroid dienone is 1. The van der Waals surface area contributed by atoms with Crippen LogP contribution in [-0.4, -0.2) is 17.6 Å². The summed E-state index contributed by atoms with van der Waals surface area (Å²) in [4.78, 5) is 10.4. The minimum Gasteiger partial charge on any atom is -0.478 e. The molecule has 0 fully saturated rings. The first-order valence-corrected chi connectivity index (χ1v) is 3.06. The topological polar surface area (TPSA) is 49.3 Å². The van der Waals surface area contributed by atoms with Gasteiger partial charge in [0.25, 0.3) is 0 Å². The molecule has 0 aromatic heterocycles. The van der Waals surface area contributed by atoms with Crippen molar-refractivity contribution >= 4 is 5.97 Å². The smallest absolute Gasteiger partial charge is 0.337 e. The van der Waals surface area contributed by atoms with Gasteiger partial charge in [0.2, 0.25) is 0 Å². The van der Waals surface area contributed by atoms with Gasteiger partial charge in [-0.25, -0.2) is 4.79 Å². The van der Waals surface area contributed by atoms with Gasteiger partial charge in [0.1, 0.15) is 0 Å². The molecule has 1 aliphatic rings. The molecule has 1 heterocycles. The van der Waals surface area contributed by atoms with Gasteiger partial charge >= 0.3 is 5.97 Å². The molecule has 0 saturated carbocycles. The number of hydrogen-bond acceptors (Lipinski definition) is 2. The molecule has 0 aromatic carbocycles. The molecule has 54 valence electrons. The van der Waals surface area contributed by atoms with Crippen LogP contribution in [0.15, 0.2) is 23.4 Å². The highest BCUT2D eigenvalue weighted by atomic mass is 16.4. The second-order valence-electron chi connectivity index (χ2n) is 2.13. The molecule has 0 radical (unpaired) electrons. The molecule has 10 heavy (non-hydrogen) atoms. The highest BCUT2D eigenvalue weighted by Crippen LogP contribution is 2.06. The Kier molecular flexibility index (Phi) is 1.76. The highest BCUT2D eigenvalue weighted by Gasteiger charge is 2.09. The summed E-state index contributed by atoms with van der Waals surface area (Å²) < 4.78 is 0. The summed E-state index contributed by atoms with van der Waals surface area (Å²) >= 11 is 0. The van der Waals surface area contributed by atoms with E-state index in [0.717, 1.165) is 12.2 Å². The summed E-state index contributed by atoms with van der Waals surface area (Å²) in [5, 5.41) is 11.5. The van der Waals surface area contributed by atoms with Crippen molar-refractivity contribution in [2.45, 2.75) is 6.92 Å². The number of dihydropyridines is 1. The van der Waals surface area contributed by atoms with Gasteiger partial charge in [-0.1, -0.05) is 6.08 Å². The van der Waals surface area contributed by atoms with Gasteiger partial charge in [0.15, 0.2) is 0 Å². The van der Waals surface area contributed by atoms with E-state index in [4.69, 9.17) is 5.11 Å². The fourth-order valence-electron chi connectivity index (χ4n) is 0.841. The fraction of sp³-hybridized carbons (Fsp3) is 0.286. The largest absolute Gasteiger partial charge is 0.478 e. The maximum Gasteiger partial charge on any atom is 0.337 e. The van der Waals surface area contributed by atoms with Gasteiger partial charge in [0.05, 0.1) is 5.57 Å². The standard InChI is InChI=1S/C7H9NO2/c1-5-6(7(9)10)3-2-4-8-5/h2-3,8H,4H2,1H3,(H,9,10). The first-order chi connectivity index (χ1) is 4.72. The SMILES string of the molecule is CC1=C(C(=O)O)C=CCN1. The normalized spacial score (nSPS) is 16.9. The average molecular weight is 139 g/mol. The van der Waals surface area contributed by atoms with Crippen molar-refractivity contribution in [2.75, 3.05) is 6.54 Å². The molecule has 3 heteroatoms. The monoisotopic (exact) mass is 139 g/mol. The van der Waals surface area contributed by atoms with E-state index >= 15 is 0 Å². The van der Waals surface area contributed by atoms with Crippen LogP contribution in [0.2, 0.25) is 0 Å². The Morgan fingerprint density at radius 3 is 2.90 bits per heavy atom. The lowest BCUT2D eigenvalue weighted by Gasteiger charge is -2.10. The van der Waals surface area contributed by atoms with E-state index in [9.17, 15) is 4.79 Å². The summed E-state index contributed by atoms with van der Waals surface area (Å²) in [6, 6.07) is 0. The van der Waals surface area contributed by atoms with E-state index < -0.39 is 5.97 Å². The Balaban J connectivity index is 2.90. The van der Waals surface area contributed by atoms with Crippen molar-refractivity contribution in [3.8, 4) is 0 Å². The lowest BCUT2D eigenvalue weighted by atomic mass is 10.1. The molecule has 1 rings (SSSR count). The van der Waals surface area contributed by atoms with Crippen LogP contribution in [0.25, 0.3) is 0 Å². The minimum atomic E-state index is -0.874. The van der Waals surface area contributed by atoms with E-state index in [1.54, 1.807) is 19.1 Å². The average Bonchev–Trinajstić information content (AvgIpc) is 1.88. The summed E-state index contributed by atoms with van der Waals surface area (Å²) in [7, 11) is 0. The number of aliphatic carboxylic acids is 1. The van der Waals surface area contributed by atoms with Crippen molar-refractivity contribution in [1.82, 2.24) is 5.32 Å². The van der Waals surface area contributed by atoms with Crippen molar-refractivity contribution in [2.24, 2.45) is 0 Å². The minimum absolute atomic E-state index is 0.353. The molecule has 0 amide bonds. The number of nitrogens with one attached hydrogen (secondary N) is 1. The summed E-state index contributed by atoms with van der Waals surface area (Å²) in [6.07, 6.45) is 3.41. The predicted octanol–water partition coefficient (Wildman–Crippen LogP) is 0.504. The Hall–Kier alpha value is -1.25. The van der Waals surface area contributed by atoms with Crippen LogP contribution in [0.4, 0.5) is 0 Å². The van der Waals surface area contributed by atoms with E-state index in [1.165, 1.54) is 0 Å². The molecule has 0 saturated heterocycles. The van der Waals surface area contributed by atoms with E-state index in [-0.39, 0.29) is 0 Å². The van der Waals surface area contributed by atoms with Crippen LogP contribution in [0.3, 0.4) is 0 Å². The van der Waals surface area contributed by atoms with Gasteiger partial charge in [-0.2, -0.15) is 0 Å². The molecule has 0 aromatic rings. The van der Waals surface area contributed by atoms with Crippen LogP contribution in [-0.2, 0) is 4.79 Å². The second-order valence-corrected chi connectivity index (χ2v) is 2.13. The van der Waals surface area contributed by atoms with E-state index in [0.29, 0.717) is 5.57 Å². The van der Waals surface area contributed by atoms with Gasteiger partial charge < -0.3 is 10.4 Å². The third-order valence-electron chi connectivity index (χ3n) is 1.40.